The van der Waals surface area contributed by atoms with Crippen LogP contribution in [0, 0.1) is 0 Å². The summed E-state index contributed by atoms with van der Waals surface area (Å²) in [5.41, 5.74) is 5.84. The Kier molecular flexibility index (Phi) is 1.70. The third-order valence-electron chi connectivity index (χ3n) is 1.84. The number of hydrogen-bond donors (Lipinski definition) is 3. The first kappa shape index (κ1) is 7.72. The van der Waals surface area contributed by atoms with Crippen molar-refractivity contribution in [1.82, 2.24) is 10.2 Å². The van der Waals surface area contributed by atoms with Gasteiger partial charge in [0, 0.05) is 6.42 Å². The molecule has 0 aromatic carbocycles. The van der Waals surface area contributed by atoms with Crippen molar-refractivity contribution in [3.8, 4) is 0 Å². The quantitative estimate of drug-likeness (QED) is 0.626. The molecular formula is C8H9N3O2. The predicted molar refractivity (Wildman–Crippen MR) is 47.3 cm³/mol. The van der Waals surface area contributed by atoms with Crippen LogP contribution in [0.15, 0.2) is 27.6 Å². The van der Waals surface area contributed by atoms with Crippen LogP contribution in [-0.4, -0.2) is 10.2 Å². The van der Waals surface area contributed by atoms with Gasteiger partial charge >= 0.3 is 0 Å². The predicted octanol–water partition coefficient (Wildman–Crippen LogP) is 0.469. The van der Waals surface area contributed by atoms with E-state index in [0.29, 0.717) is 17.8 Å². The van der Waals surface area contributed by atoms with Crippen molar-refractivity contribution in [1.29, 1.82) is 0 Å². The Morgan fingerprint density at radius 1 is 1.46 bits per heavy atom. The van der Waals surface area contributed by atoms with E-state index in [4.69, 9.17) is 10.2 Å². The second kappa shape index (κ2) is 2.85. The van der Waals surface area contributed by atoms with Crippen molar-refractivity contribution in [2.75, 3.05) is 5.73 Å². The summed E-state index contributed by atoms with van der Waals surface area (Å²) >= 11 is 0. The number of anilines is 1. The fourth-order valence-electron chi connectivity index (χ4n) is 1.16. The molecule has 4 N–H and O–H groups in total. The molecule has 2 rings (SSSR count). The van der Waals surface area contributed by atoms with Crippen LogP contribution in [0.5, 0.6) is 0 Å². The second-order valence-corrected chi connectivity index (χ2v) is 2.73. The minimum Gasteiger partial charge on any atom is -0.469 e. The van der Waals surface area contributed by atoms with Gasteiger partial charge in [-0.3, -0.25) is 15.0 Å². The molecule has 0 aliphatic heterocycles. The molecule has 5 nitrogen and oxygen atoms in total. The second-order valence-electron chi connectivity index (χ2n) is 2.73. The Morgan fingerprint density at radius 2 is 2.31 bits per heavy atom. The molecule has 2 aromatic rings. The summed E-state index contributed by atoms with van der Waals surface area (Å²) < 4.78 is 5.09. The van der Waals surface area contributed by atoms with E-state index in [-0.39, 0.29) is 5.56 Å². The Hall–Kier alpha value is -1.91. The maximum absolute atomic E-state index is 11.2. The maximum atomic E-state index is 11.2. The molecule has 0 bridgehead atoms. The standard InChI is InChI=1S/C8H9N3O2/c9-7-6(8(12)11-10-7)4-5-2-1-3-13-5/h1-3H,4H2,(H4,9,10,11,12). The van der Waals surface area contributed by atoms with Crippen LogP contribution >= 0.6 is 0 Å². The molecule has 2 aromatic heterocycles. The SMILES string of the molecule is Nc1[nH][nH]c(=O)c1Cc1ccco1. The van der Waals surface area contributed by atoms with Crippen molar-refractivity contribution >= 4 is 5.82 Å². The molecule has 0 atom stereocenters. The maximum Gasteiger partial charge on any atom is 0.269 e. The van der Waals surface area contributed by atoms with Crippen molar-refractivity contribution in [2.45, 2.75) is 6.42 Å². The van der Waals surface area contributed by atoms with Gasteiger partial charge in [-0.05, 0) is 12.1 Å². The molecule has 0 spiro atoms. The number of aromatic nitrogens is 2. The minimum absolute atomic E-state index is 0.200. The van der Waals surface area contributed by atoms with Gasteiger partial charge < -0.3 is 10.2 Å². The highest BCUT2D eigenvalue weighted by molar-refractivity contribution is 5.38. The third-order valence-corrected chi connectivity index (χ3v) is 1.84. The fraction of sp³-hybridized carbons (Fsp3) is 0.125. The highest BCUT2D eigenvalue weighted by atomic mass is 16.3. The molecule has 0 radical (unpaired) electrons. The molecule has 0 aliphatic rings. The van der Waals surface area contributed by atoms with Gasteiger partial charge in [-0.25, -0.2) is 0 Å². The average Bonchev–Trinajstić information content (AvgIpc) is 2.70. The molecule has 13 heavy (non-hydrogen) atoms. The van der Waals surface area contributed by atoms with Gasteiger partial charge in [0.25, 0.3) is 5.56 Å². The average molecular weight is 179 g/mol. The van der Waals surface area contributed by atoms with Crippen molar-refractivity contribution in [3.63, 3.8) is 0 Å². The number of nitrogens with two attached hydrogens (primary N) is 1. The van der Waals surface area contributed by atoms with E-state index in [1.165, 1.54) is 0 Å². The monoisotopic (exact) mass is 179 g/mol. The first-order valence-electron chi connectivity index (χ1n) is 3.85. The zero-order valence-electron chi connectivity index (χ0n) is 6.83. The summed E-state index contributed by atoms with van der Waals surface area (Å²) in [6.45, 7) is 0. The highest BCUT2D eigenvalue weighted by Crippen LogP contribution is 2.09. The molecule has 0 unspecified atom stereocenters. The lowest BCUT2D eigenvalue weighted by atomic mass is 10.2. The van der Waals surface area contributed by atoms with Crippen LogP contribution in [0.1, 0.15) is 11.3 Å². The number of furan rings is 1. The Balaban J connectivity index is 2.33. The summed E-state index contributed by atoms with van der Waals surface area (Å²) in [6, 6.07) is 3.57. The topological polar surface area (TPSA) is 87.8 Å². The van der Waals surface area contributed by atoms with E-state index >= 15 is 0 Å². The van der Waals surface area contributed by atoms with Gasteiger partial charge in [0.1, 0.15) is 11.6 Å². The first-order valence-corrected chi connectivity index (χ1v) is 3.85. The van der Waals surface area contributed by atoms with Crippen LogP contribution < -0.4 is 11.3 Å². The molecule has 0 saturated heterocycles. The van der Waals surface area contributed by atoms with Gasteiger partial charge in [-0.1, -0.05) is 0 Å². The van der Waals surface area contributed by atoms with Gasteiger partial charge in [-0.15, -0.1) is 0 Å². The summed E-state index contributed by atoms with van der Waals surface area (Å²) in [5, 5.41) is 4.95. The third kappa shape index (κ3) is 1.35. The summed E-state index contributed by atoms with van der Waals surface area (Å²) in [7, 11) is 0. The van der Waals surface area contributed by atoms with E-state index in [0.717, 1.165) is 5.76 Å². The largest absolute Gasteiger partial charge is 0.469 e. The van der Waals surface area contributed by atoms with Gasteiger partial charge in [0.2, 0.25) is 0 Å². The van der Waals surface area contributed by atoms with E-state index < -0.39 is 0 Å². The highest BCUT2D eigenvalue weighted by Gasteiger charge is 2.08. The van der Waals surface area contributed by atoms with E-state index in [2.05, 4.69) is 10.2 Å². The molecule has 0 amide bonds. The number of nitrogen functional groups attached to an aromatic ring is 1. The molecule has 5 heteroatoms. The molecule has 0 saturated carbocycles. The molecule has 68 valence electrons. The summed E-state index contributed by atoms with van der Waals surface area (Å²) in [6.07, 6.45) is 1.98. The first-order chi connectivity index (χ1) is 6.27. The van der Waals surface area contributed by atoms with Crippen LogP contribution in [-0.2, 0) is 6.42 Å². The molecule has 2 heterocycles. The fourth-order valence-corrected chi connectivity index (χ4v) is 1.16. The van der Waals surface area contributed by atoms with Crippen molar-refractivity contribution in [3.05, 3.63) is 40.1 Å². The Labute approximate surface area is 73.5 Å². The van der Waals surface area contributed by atoms with Crippen LogP contribution in [0.4, 0.5) is 5.82 Å². The van der Waals surface area contributed by atoms with Crippen molar-refractivity contribution < 1.29 is 4.42 Å². The zero-order valence-corrected chi connectivity index (χ0v) is 6.83. The number of H-pyrrole nitrogens is 2. The van der Waals surface area contributed by atoms with Gasteiger partial charge in [-0.2, -0.15) is 0 Å². The summed E-state index contributed by atoms with van der Waals surface area (Å²) in [4.78, 5) is 11.2. The lowest BCUT2D eigenvalue weighted by Crippen LogP contribution is -2.07. The van der Waals surface area contributed by atoms with E-state index in [9.17, 15) is 4.79 Å². The normalized spacial score (nSPS) is 10.5. The number of nitrogens with one attached hydrogen (secondary N) is 2. The lowest BCUT2D eigenvalue weighted by molar-refractivity contribution is 0.520. The van der Waals surface area contributed by atoms with Crippen LogP contribution in [0.2, 0.25) is 0 Å². The zero-order chi connectivity index (χ0) is 9.26. The summed E-state index contributed by atoms with van der Waals surface area (Å²) in [5.74, 6) is 1.08. The number of rotatable bonds is 2. The smallest absolute Gasteiger partial charge is 0.269 e. The van der Waals surface area contributed by atoms with E-state index in [1.54, 1.807) is 18.4 Å². The Morgan fingerprint density at radius 3 is 2.85 bits per heavy atom. The minimum atomic E-state index is -0.200. The van der Waals surface area contributed by atoms with E-state index in [1.807, 2.05) is 0 Å². The van der Waals surface area contributed by atoms with Crippen LogP contribution in [0.3, 0.4) is 0 Å². The van der Waals surface area contributed by atoms with Crippen molar-refractivity contribution in [2.24, 2.45) is 0 Å². The molecule has 0 fully saturated rings. The number of aromatic amines is 2. The van der Waals surface area contributed by atoms with Crippen LogP contribution in [0.25, 0.3) is 0 Å². The molecular weight excluding hydrogens is 170 g/mol. The Bertz CT molecular complexity index is 438. The van der Waals surface area contributed by atoms with Gasteiger partial charge in [0.05, 0.1) is 11.8 Å². The van der Waals surface area contributed by atoms with Gasteiger partial charge in [0.15, 0.2) is 0 Å². The lowest BCUT2D eigenvalue weighted by Gasteiger charge is -1.92. The molecule has 0 aliphatic carbocycles. The number of hydrogen-bond acceptors (Lipinski definition) is 3.